The summed E-state index contributed by atoms with van der Waals surface area (Å²) in [5.74, 6) is -1.04. The smallest absolute Gasteiger partial charge is 0.198 e. The second-order valence-electron chi connectivity index (χ2n) is 4.43. The summed E-state index contributed by atoms with van der Waals surface area (Å²) in [6.45, 7) is 0. The molecule has 94 valence electrons. The molecule has 5 heteroatoms. The van der Waals surface area contributed by atoms with E-state index in [1.54, 1.807) is 6.07 Å². The first-order chi connectivity index (χ1) is 8.99. The summed E-state index contributed by atoms with van der Waals surface area (Å²) in [7, 11) is 0. The van der Waals surface area contributed by atoms with Gasteiger partial charge in [-0.3, -0.25) is 9.59 Å². The van der Waals surface area contributed by atoms with Crippen LogP contribution in [0.5, 0.6) is 5.75 Å². The highest BCUT2D eigenvalue weighted by Crippen LogP contribution is 2.34. The molecule has 0 heterocycles. The van der Waals surface area contributed by atoms with Crippen LogP contribution in [0.4, 0.5) is 11.4 Å². The molecule has 2 aromatic rings. The Morgan fingerprint density at radius 1 is 0.789 bits per heavy atom. The molecule has 0 amide bonds. The summed E-state index contributed by atoms with van der Waals surface area (Å²) < 4.78 is 0. The first-order valence-electron chi connectivity index (χ1n) is 5.60. The van der Waals surface area contributed by atoms with E-state index >= 15 is 0 Å². The van der Waals surface area contributed by atoms with E-state index < -0.39 is 5.78 Å². The monoisotopic (exact) mass is 254 g/mol. The van der Waals surface area contributed by atoms with Crippen LogP contribution >= 0.6 is 0 Å². The number of carbonyl (C=O) groups is 2. The van der Waals surface area contributed by atoms with Crippen LogP contribution in [0.3, 0.4) is 0 Å². The Bertz CT molecular complexity index is 751. The van der Waals surface area contributed by atoms with Crippen molar-refractivity contribution in [3.63, 3.8) is 0 Å². The van der Waals surface area contributed by atoms with Crippen LogP contribution in [-0.2, 0) is 0 Å². The van der Waals surface area contributed by atoms with Crippen molar-refractivity contribution in [1.29, 1.82) is 0 Å². The second-order valence-corrected chi connectivity index (χ2v) is 4.43. The highest BCUT2D eigenvalue weighted by atomic mass is 16.3. The van der Waals surface area contributed by atoms with Crippen LogP contribution < -0.4 is 11.5 Å². The van der Waals surface area contributed by atoms with Gasteiger partial charge in [-0.2, -0.15) is 0 Å². The number of aromatic hydroxyl groups is 1. The molecule has 0 saturated heterocycles. The Morgan fingerprint density at radius 2 is 1.47 bits per heavy atom. The molecule has 0 unspecified atom stereocenters. The van der Waals surface area contributed by atoms with Gasteiger partial charge in [0.2, 0.25) is 0 Å². The van der Waals surface area contributed by atoms with Gasteiger partial charge in [0.05, 0.1) is 5.56 Å². The molecule has 5 nitrogen and oxygen atoms in total. The van der Waals surface area contributed by atoms with Gasteiger partial charge < -0.3 is 16.6 Å². The van der Waals surface area contributed by atoms with Crippen LogP contribution in [0.1, 0.15) is 31.8 Å². The predicted octanol–water partition coefficient (Wildman–Crippen LogP) is 1.33. The van der Waals surface area contributed by atoms with Gasteiger partial charge in [-0.05, 0) is 24.3 Å². The molecule has 5 N–H and O–H groups in total. The lowest BCUT2D eigenvalue weighted by Gasteiger charge is -2.19. The normalized spacial score (nSPS) is 13.1. The zero-order valence-corrected chi connectivity index (χ0v) is 9.81. The van der Waals surface area contributed by atoms with E-state index in [0.717, 1.165) is 0 Å². The van der Waals surface area contributed by atoms with Crippen molar-refractivity contribution >= 4 is 22.9 Å². The lowest BCUT2D eigenvalue weighted by Crippen LogP contribution is -2.21. The molecule has 1 aliphatic rings. The summed E-state index contributed by atoms with van der Waals surface area (Å²) in [6.07, 6.45) is 0. The second kappa shape index (κ2) is 3.58. The third-order valence-corrected chi connectivity index (χ3v) is 3.14. The van der Waals surface area contributed by atoms with Gasteiger partial charge in [-0.25, -0.2) is 0 Å². The Balaban J connectivity index is 2.36. The topological polar surface area (TPSA) is 106 Å². The SMILES string of the molecule is Nc1ccc2c(c1)C(=O)c1cc(N)cc(O)c1C2=O. The fourth-order valence-electron chi connectivity index (χ4n) is 2.29. The number of hydrogen-bond donors (Lipinski definition) is 3. The number of fused-ring (bicyclic) bond motifs is 2. The maximum absolute atomic E-state index is 12.3. The molecule has 1 aliphatic carbocycles. The van der Waals surface area contributed by atoms with Crippen molar-refractivity contribution in [2.24, 2.45) is 0 Å². The van der Waals surface area contributed by atoms with Crippen LogP contribution in [0.25, 0.3) is 0 Å². The van der Waals surface area contributed by atoms with E-state index in [4.69, 9.17) is 11.5 Å². The number of hydrogen-bond acceptors (Lipinski definition) is 5. The largest absolute Gasteiger partial charge is 0.507 e. The zero-order valence-electron chi connectivity index (χ0n) is 9.81. The van der Waals surface area contributed by atoms with Crippen molar-refractivity contribution < 1.29 is 14.7 Å². The summed E-state index contributed by atoms with van der Waals surface area (Å²) in [6, 6.07) is 7.14. The average Bonchev–Trinajstić information content (AvgIpc) is 2.35. The third kappa shape index (κ3) is 1.48. The number of nitrogens with two attached hydrogens (primary N) is 2. The average molecular weight is 254 g/mol. The lowest BCUT2D eigenvalue weighted by molar-refractivity contribution is 0.0977. The summed E-state index contributed by atoms with van der Waals surface area (Å²) >= 11 is 0. The van der Waals surface area contributed by atoms with Crippen molar-refractivity contribution in [2.75, 3.05) is 11.5 Å². The zero-order chi connectivity index (χ0) is 13.7. The van der Waals surface area contributed by atoms with Crippen molar-refractivity contribution in [3.05, 3.63) is 52.6 Å². The van der Waals surface area contributed by atoms with E-state index in [9.17, 15) is 14.7 Å². The highest BCUT2D eigenvalue weighted by molar-refractivity contribution is 6.29. The molecular weight excluding hydrogens is 244 g/mol. The fraction of sp³-hybridized carbons (Fsp3) is 0. The van der Waals surface area contributed by atoms with Gasteiger partial charge in [0.1, 0.15) is 5.75 Å². The number of rotatable bonds is 0. The number of benzene rings is 2. The molecular formula is C14H10N2O3. The quantitative estimate of drug-likeness (QED) is 0.525. The molecule has 0 fully saturated rings. The number of carbonyl (C=O) groups excluding carboxylic acids is 2. The Hall–Kier alpha value is -2.82. The summed E-state index contributed by atoms with van der Waals surface area (Å²) in [5.41, 5.74) is 12.4. The predicted molar refractivity (Wildman–Crippen MR) is 70.2 cm³/mol. The van der Waals surface area contributed by atoms with Gasteiger partial charge in [-0.1, -0.05) is 0 Å². The van der Waals surface area contributed by atoms with Crippen LogP contribution in [-0.4, -0.2) is 16.7 Å². The van der Waals surface area contributed by atoms with Gasteiger partial charge in [0.25, 0.3) is 0 Å². The molecule has 0 aliphatic heterocycles. The maximum atomic E-state index is 12.3. The van der Waals surface area contributed by atoms with Gasteiger partial charge in [-0.15, -0.1) is 0 Å². The highest BCUT2D eigenvalue weighted by Gasteiger charge is 2.32. The fourth-order valence-corrected chi connectivity index (χ4v) is 2.29. The molecule has 0 aromatic heterocycles. The number of phenols is 1. The van der Waals surface area contributed by atoms with Crippen molar-refractivity contribution in [2.45, 2.75) is 0 Å². The molecule has 0 spiro atoms. The van der Waals surface area contributed by atoms with Gasteiger partial charge in [0, 0.05) is 34.1 Å². The Labute approximate surface area is 108 Å². The molecule has 19 heavy (non-hydrogen) atoms. The molecule has 0 saturated carbocycles. The van der Waals surface area contributed by atoms with Crippen LogP contribution in [0.2, 0.25) is 0 Å². The van der Waals surface area contributed by atoms with E-state index in [1.165, 1.54) is 24.3 Å². The van der Waals surface area contributed by atoms with Crippen molar-refractivity contribution in [1.82, 2.24) is 0 Å². The molecule has 0 bridgehead atoms. The molecule has 2 aromatic carbocycles. The Morgan fingerprint density at radius 3 is 2.21 bits per heavy atom. The molecule has 0 radical (unpaired) electrons. The van der Waals surface area contributed by atoms with E-state index in [0.29, 0.717) is 5.69 Å². The first kappa shape index (κ1) is 11.3. The lowest BCUT2D eigenvalue weighted by atomic mass is 9.83. The van der Waals surface area contributed by atoms with Gasteiger partial charge in [0.15, 0.2) is 11.6 Å². The van der Waals surface area contributed by atoms with E-state index in [1.807, 2.05) is 0 Å². The Kier molecular flexibility index (Phi) is 2.13. The van der Waals surface area contributed by atoms with Crippen molar-refractivity contribution in [3.8, 4) is 5.75 Å². The number of anilines is 2. The molecule has 3 rings (SSSR count). The number of phenolic OH excluding ortho intramolecular Hbond substituents is 1. The third-order valence-electron chi connectivity index (χ3n) is 3.14. The van der Waals surface area contributed by atoms with Crippen LogP contribution in [0, 0.1) is 0 Å². The summed E-state index contributed by atoms with van der Waals surface area (Å²) in [5, 5.41) is 9.83. The summed E-state index contributed by atoms with van der Waals surface area (Å²) in [4.78, 5) is 24.6. The molecule has 0 atom stereocenters. The van der Waals surface area contributed by atoms with E-state index in [-0.39, 0.29) is 39.5 Å². The minimum absolute atomic E-state index is 0.00327. The minimum Gasteiger partial charge on any atom is -0.507 e. The number of nitrogen functional groups attached to an aromatic ring is 2. The standard InChI is InChI=1S/C14H10N2O3/c15-6-1-2-8-9(3-6)13(18)10-4-7(16)5-11(17)12(10)14(8)19/h1-5,17H,15-16H2. The first-order valence-corrected chi connectivity index (χ1v) is 5.60. The minimum atomic E-state index is -0.401. The van der Waals surface area contributed by atoms with Gasteiger partial charge >= 0.3 is 0 Å². The van der Waals surface area contributed by atoms with Crippen LogP contribution in [0.15, 0.2) is 30.3 Å². The number of ketones is 2. The van der Waals surface area contributed by atoms with E-state index in [2.05, 4.69) is 0 Å². The maximum Gasteiger partial charge on any atom is 0.198 e.